The standard InChI is InChI=1S/C20H18N4O3/c25-20(24-15-2-4-18-19(11-15)27-10-9-26-18)17-3-1-16(13-23-17)22-12-14-5-7-21-8-6-14/h1-8,11,13,22H,9-10,12H2,(H,24,25). The van der Waals surface area contributed by atoms with Gasteiger partial charge in [0.05, 0.1) is 11.9 Å². The lowest BCUT2D eigenvalue weighted by atomic mass is 10.2. The quantitative estimate of drug-likeness (QED) is 0.725. The first kappa shape index (κ1) is 16.8. The van der Waals surface area contributed by atoms with Gasteiger partial charge in [-0.1, -0.05) is 0 Å². The zero-order chi connectivity index (χ0) is 18.5. The smallest absolute Gasteiger partial charge is 0.274 e. The predicted molar refractivity (Wildman–Crippen MR) is 101 cm³/mol. The van der Waals surface area contributed by atoms with E-state index in [0.717, 1.165) is 11.3 Å². The Balaban J connectivity index is 1.37. The summed E-state index contributed by atoms with van der Waals surface area (Å²) in [6, 6.07) is 12.7. The number of amides is 1. The van der Waals surface area contributed by atoms with Crippen LogP contribution in [0.15, 0.2) is 61.1 Å². The van der Waals surface area contributed by atoms with Crippen LogP contribution in [0.1, 0.15) is 16.1 Å². The lowest BCUT2D eigenvalue weighted by molar-refractivity contribution is 0.102. The molecular weight excluding hydrogens is 344 g/mol. The van der Waals surface area contributed by atoms with E-state index in [2.05, 4.69) is 20.6 Å². The van der Waals surface area contributed by atoms with Crippen LogP contribution >= 0.6 is 0 Å². The molecule has 3 aromatic rings. The summed E-state index contributed by atoms with van der Waals surface area (Å²) in [6.07, 6.45) is 5.14. The van der Waals surface area contributed by atoms with Crippen molar-refractivity contribution >= 4 is 17.3 Å². The molecule has 1 aromatic carbocycles. The van der Waals surface area contributed by atoms with Crippen LogP contribution in [-0.4, -0.2) is 29.1 Å². The lowest BCUT2D eigenvalue weighted by Crippen LogP contribution is -2.17. The molecule has 0 unspecified atom stereocenters. The molecule has 2 N–H and O–H groups in total. The summed E-state index contributed by atoms with van der Waals surface area (Å²) in [5.41, 5.74) is 2.92. The van der Waals surface area contributed by atoms with E-state index in [9.17, 15) is 4.79 Å². The molecule has 0 aliphatic carbocycles. The van der Waals surface area contributed by atoms with Gasteiger partial charge in [0.25, 0.3) is 5.91 Å². The first-order valence-electron chi connectivity index (χ1n) is 8.58. The molecule has 27 heavy (non-hydrogen) atoms. The topological polar surface area (TPSA) is 85.4 Å². The van der Waals surface area contributed by atoms with Crippen LogP contribution < -0.4 is 20.1 Å². The average molecular weight is 362 g/mol. The minimum absolute atomic E-state index is 0.285. The molecule has 4 rings (SSSR count). The number of hydrogen-bond acceptors (Lipinski definition) is 6. The Bertz CT molecular complexity index is 930. The Morgan fingerprint density at radius 3 is 2.52 bits per heavy atom. The summed E-state index contributed by atoms with van der Waals surface area (Å²) in [6.45, 7) is 1.69. The number of ether oxygens (including phenoxy) is 2. The van der Waals surface area contributed by atoms with E-state index >= 15 is 0 Å². The highest BCUT2D eigenvalue weighted by atomic mass is 16.6. The Morgan fingerprint density at radius 2 is 1.74 bits per heavy atom. The third-order valence-corrected chi connectivity index (χ3v) is 4.04. The van der Waals surface area contributed by atoms with Gasteiger partial charge in [-0.3, -0.25) is 9.78 Å². The number of benzene rings is 1. The van der Waals surface area contributed by atoms with Gasteiger partial charge in [0.1, 0.15) is 18.9 Å². The number of aromatic nitrogens is 2. The Labute approximate surface area is 156 Å². The summed E-state index contributed by atoms with van der Waals surface area (Å²) in [7, 11) is 0. The van der Waals surface area contributed by atoms with Gasteiger partial charge in [-0.05, 0) is 42.0 Å². The van der Waals surface area contributed by atoms with Gasteiger partial charge < -0.3 is 20.1 Å². The van der Waals surface area contributed by atoms with Gasteiger partial charge in [-0.15, -0.1) is 0 Å². The minimum atomic E-state index is -0.285. The maximum absolute atomic E-state index is 12.4. The number of fused-ring (bicyclic) bond motifs is 1. The van der Waals surface area contributed by atoms with Crippen LogP contribution in [0.25, 0.3) is 0 Å². The number of carbonyl (C=O) groups is 1. The molecule has 7 nitrogen and oxygen atoms in total. The van der Waals surface area contributed by atoms with Gasteiger partial charge in [0, 0.05) is 30.7 Å². The van der Waals surface area contributed by atoms with Crippen LogP contribution in [0.4, 0.5) is 11.4 Å². The lowest BCUT2D eigenvalue weighted by Gasteiger charge is -2.19. The van der Waals surface area contributed by atoms with Crippen molar-refractivity contribution in [1.29, 1.82) is 0 Å². The van der Waals surface area contributed by atoms with Crippen LogP contribution in [0.3, 0.4) is 0 Å². The van der Waals surface area contributed by atoms with Crippen LogP contribution in [0.5, 0.6) is 11.5 Å². The normalized spacial score (nSPS) is 12.3. The fourth-order valence-corrected chi connectivity index (χ4v) is 2.65. The first-order chi connectivity index (χ1) is 13.3. The Kier molecular flexibility index (Phi) is 4.82. The highest BCUT2D eigenvalue weighted by Crippen LogP contribution is 2.32. The second-order valence-corrected chi connectivity index (χ2v) is 5.95. The molecule has 0 atom stereocenters. The molecule has 0 bridgehead atoms. The summed E-state index contributed by atoms with van der Waals surface area (Å²) in [5.74, 6) is 1.03. The van der Waals surface area contributed by atoms with Crippen LogP contribution in [0, 0.1) is 0 Å². The largest absolute Gasteiger partial charge is 0.486 e. The van der Waals surface area contributed by atoms with Gasteiger partial charge in [0.15, 0.2) is 11.5 Å². The molecule has 0 saturated heterocycles. The van der Waals surface area contributed by atoms with Crippen molar-refractivity contribution in [2.45, 2.75) is 6.54 Å². The first-order valence-corrected chi connectivity index (χ1v) is 8.58. The van der Waals surface area contributed by atoms with E-state index < -0.39 is 0 Å². The molecule has 0 spiro atoms. The number of rotatable bonds is 5. The number of anilines is 2. The SMILES string of the molecule is O=C(Nc1ccc2c(c1)OCCO2)c1ccc(NCc2ccncc2)cn1. The summed E-state index contributed by atoms with van der Waals surface area (Å²) >= 11 is 0. The monoisotopic (exact) mass is 362 g/mol. The second-order valence-electron chi connectivity index (χ2n) is 5.95. The molecule has 0 fully saturated rings. The molecule has 1 amide bonds. The molecule has 2 aromatic heterocycles. The van der Waals surface area contributed by atoms with Gasteiger partial charge >= 0.3 is 0 Å². The number of nitrogens with one attached hydrogen (secondary N) is 2. The van der Waals surface area contributed by atoms with Crippen molar-refractivity contribution in [2.24, 2.45) is 0 Å². The van der Waals surface area contributed by atoms with Gasteiger partial charge in [-0.25, -0.2) is 4.98 Å². The molecule has 1 aliphatic rings. The fraction of sp³-hybridized carbons (Fsp3) is 0.150. The van der Waals surface area contributed by atoms with Crippen LogP contribution in [0.2, 0.25) is 0 Å². The van der Waals surface area contributed by atoms with Gasteiger partial charge in [0.2, 0.25) is 0 Å². The molecule has 1 aliphatic heterocycles. The molecule has 0 radical (unpaired) electrons. The van der Waals surface area contributed by atoms with E-state index in [1.54, 1.807) is 42.9 Å². The number of pyridine rings is 2. The van der Waals surface area contributed by atoms with Crippen molar-refractivity contribution < 1.29 is 14.3 Å². The van der Waals surface area contributed by atoms with E-state index in [-0.39, 0.29) is 5.91 Å². The Hall–Kier alpha value is -3.61. The van der Waals surface area contributed by atoms with Crippen LogP contribution in [-0.2, 0) is 6.54 Å². The summed E-state index contributed by atoms with van der Waals surface area (Å²) in [5, 5.41) is 6.08. The summed E-state index contributed by atoms with van der Waals surface area (Å²) in [4.78, 5) is 20.6. The molecule has 0 saturated carbocycles. The molecular formula is C20H18N4O3. The maximum atomic E-state index is 12.4. The van der Waals surface area contributed by atoms with Crippen molar-refractivity contribution in [1.82, 2.24) is 9.97 Å². The van der Waals surface area contributed by atoms with Crippen molar-refractivity contribution in [3.8, 4) is 11.5 Å². The zero-order valence-electron chi connectivity index (χ0n) is 14.5. The second kappa shape index (κ2) is 7.74. The zero-order valence-corrected chi connectivity index (χ0v) is 14.5. The number of carbonyl (C=O) groups excluding carboxylic acids is 1. The number of hydrogen-bond donors (Lipinski definition) is 2. The van der Waals surface area contributed by atoms with E-state index in [4.69, 9.17) is 9.47 Å². The number of nitrogens with zero attached hydrogens (tertiary/aromatic N) is 2. The predicted octanol–water partition coefficient (Wildman–Crippen LogP) is 3.11. The highest BCUT2D eigenvalue weighted by Gasteiger charge is 2.14. The maximum Gasteiger partial charge on any atom is 0.274 e. The van der Waals surface area contributed by atoms with Gasteiger partial charge in [-0.2, -0.15) is 0 Å². The third-order valence-electron chi connectivity index (χ3n) is 4.04. The third kappa shape index (κ3) is 4.14. The fourth-order valence-electron chi connectivity index (χ4n) is 2.65. The minimum Gasteiger partial charge on any atom is -0.486 e. The van der Waals surface area contributed by atoms with Crippen molar-refractivity contribution in [3.05, 3.63) is 72.3 Å². The van der Waals surface area contributed by atoms with E-state index in [0.29, 0.717) is 42.6 Å². The molecule has 136 valence electrons. The van der Waals surface area contributed by atoms with E-state index in [1.165, 1.54) is 0 Å². The Morgan fingerprint density at radius 1 is 0.963 bits per heavy atom. The molecule has 3 heterocycles. The highest BCUT2D eigenvalue weighted by molar-refractivity contribution is 6.03. The molecule has 7 heteroatoms. The van der Waals surface area contributed by atoms with Crippen molar-refractivity contribution in [3.63, 3.8) is 0 Å². The van der Waals surface area contributed by atoms with E-state index in [1.807, 2.05) is 18.2 Å². The van der Waals surface area contributed by atoms with Crippen molar-refractivity contribution in [2.75, 3.05) is 23.8 Å². The average Bonchev–Trinajstić information content (AvgIpc) is 2.73. The summed E-state index contributed by atoms with van der Waals surface area (Å²) < 4.78 is 11.0.